The lowest BCUT2D eigenvalue weighted by Crippen LogP contribution is -2.08. The first-order valence-electron chi connectivity index (χ1n) is 7.15. The second kappa shape index (κ2) is 6.47. The second-order valence-electron chi connectivity index (χ2n) is 5.42. The Morgan fingerprint density at radius 3 is 2.15 bits per heavy atom. The first kappa shape index (κ1) is 14.4. The number of nitrogens with one attached hydrogen (secondary N) is 1. The number of hydrogen-bond donors (Lipinski definition) is 1. The molecule has 0 aromatic heterocycles. The summed E-state index contributed by atoms with van der Waals surface area (Å²) in [4.78, 5) is 0. The predicted molar refractivity (Wildman–Crippen MR) is 85.4 cm³/mol. The van der Waals surface area contributed by atoms with E-state index in [0.717, 1.165) is 5.75 Å². The number of hydrogen-bond acceptors (Lipinski definition) is 2. The van der Waals surface area contributed by atoms with Crippen molar-refractivity contribution >= 4 is 5.69 Å². The number of aryl methyl sites for hydroxylation is 1. The molecular formula is C18H23NO. The van der Waals surface area contributed by atoms with E-state index in [0.29, 0.717) is 0 Å². The van der Waals surface area contributed by atoms with Crippen LogP contribution >= 0.6 is 0 Å². The van der Waals surface area contributed by atoms with Crippen LogP contribution in [-0.2, 0) is 0 Å². The zero-order chi connectivity index (χ0) is 14.5. The molecule has 0 fully saturated rings. The Labute approximate surface area is 121 Å². The lowest BCUT2D eigenvalue weighted by Gasteiger charge is -2.18. The van der Waals surface area contributed by atoms with Crippen molar-refractivity contribution in [2.45, 2.75) is 39.8 Å². The maximum absolute atomic E-state index is 5.67. The highest BCUT2D eigenvalue weighted by Gasteiger charge is 2.07. The van der Waals surface area contributed by atoms with Crippen LogP contribution in [0.4, 0.5) is 5.69 Å². The highest BCUT2D eigenvalue weighted by atomic mass is 16.5. The molecule has 1 unspecified atom stereocenters. The quantitative estimate of drug-likeness (QED) is 0.828. The van der Waals surface area contributed by atoms with Crippen molar-refractivity contribution in [2.75, 3.05) is 5.32 Å². The van der Waals surface area contributed by atoms with E-state index in [1.807, 2.05) is 26.0 Å². The van der Waals surface area contributed by atoms with Gasteiger partial charge in [-0.25, -0.2) is 0 Å². The molecule has 0 amide bonds. The molecule has 1 atom stereocenters. The Hall–Kier alpha value is -1.96. The summed E-state index contributed by atoms with van der Waals surface area (Å²) in [6, 6.07) is 16.9. The SMILES string of the molecule is Cc1ccccc1NC(C)c1ccc(OC(C)C)cc1. The fourth-order valence-electron chi connectivity index (χ4n) is 2.16. The van der Waals surface area contributed by atoms with E-state index >= 15 is 0 Å². The third-order valence-electron chi connectivity index (χ3n) is 3.27. The molecule has 0 aliphatic heterocycles. The minimum absolute atomic E-state index is 0.211. The third kappa shape index (κ3) is 3.77. The summed E-state index contributed by atoms with van der Waals surface area (Å²) < 4.78 is 5.67. The first-order chi connectivity index (χ1) is 9.56. The molecule has 2 heteroatoms. The summed E-state index contributed by atoms with van der Waals surface area (Å²) in [7, 11) is 0. The van der Waals surface area contributed by atoms with Crippen molar-refractivity contribution in [1.82, 2.24) is 0 Å². The molecule has 2 nitrogen and oxygen atoms in total. The van der Waals surface area contributed by atoms with Crippen molar-refractivity contribution < 1.29 is 4.74 Å². The average Bonchev–Trinajstić information content (AvgIpc) is 2.41. The Bertz CT molecular complexity index is 546. The Balaban J connectivity index is 2.06. The van der Waals surface area contributed by atoms with Gasteiger partial charge in [0.25, 0.3) is 0 Å². The summed E-state index contributed by atoms with van der Waals surface area (Å²) >= 11 is 0. The van der Waals surface area contributed by atoms with E-state index in [2.05, 4.69) is 55.6 Å². The summed E-state index contributed by atoms with van der Waals surface area (Å²) in [5, 5.41) is 3.55. The van der Waals surface area contributed by atoms with Crippen molar-refractivity contribution in [3.8, 4) is 5.75 Å². The largest absolute Gasteiger partial charge is 0.491 e. The molecule has 1 N–H and O–H groups in total. The van der Waals surface area contributed by atoms with E-state index in [9.17, 15) is 0 Å². The monoisotopic (exact) mass is 269 g/mol. The van der Waals surface area contributed by atoms with Gasteiger partial charge in [-0.3, -0.25) is 0 Å². The van der Waals surface area contributed by atoms with Crippen LogP contribution in [0.5, 0.6) is 5.75 Å². The maximum Gasteiger partial charge on any atom is 0.119 e. The molecule has 2 aromatic carbocycles. The van der Waals surface area contributed by atoms with Crippen LogP contribution in [-0.4, -0.2) is 6.10 Å². The molecule has 106 valence electrons. The van der Waals surface area contributed by atoms with Gasteiger partial charge in [0.2, 0.25) is 0 Å². The molecule has 0 saturated carbocycles. The van der Waals surface area contributed by atoms with Crippen LogP contribution in [0.2, 0.25) is 0 Å². The normalized spacial score (nSPS) is 12.2. The molecule has 0 spiro atoms. The van der Waals surface area contributed by atoms with E-state index in [1.165, 1.54) is 16.8 Å². The standard InChI is InChI=1S/C18H23NO/c1-13(2)20-17-11-9-16(10-12-17)15(4)19-18-8-6-5-7-14(18)3/h5-13,15,19H,1-4H3. The summed E-state index contributed by atoms with van der Waals surface area (Å²) in [5.41, 5.74) is 3.70. The van der Waals surface area contributed by atoms with Gasteiger partial charge in [-0.05, 0) is 57.0 Å². The van der Waals surface area contributed by atoms with E-state index in [-0.39, 0.29) is 12.1 Å². The van der Waals surface area contributed by atoms with Crippen LogP contribution in [0.15, 0.2) is 48.5 Å². The number of benzene rings is 2. The predicted octanol–water partition coefficient (Wildman–Crippen LogP) is 4.96. The number of anilines is 1. The topological polar surface area (TPSA) is 21.3 Å². The average molecular weight is 269 g/mol. The van der Waals surface area contributed by atoms with E-state index in [4.69, 9.17) is 4.74 Å². The van der Waals surface area contributed by atoms with Crippen molar-refractivity contribution in [3.63, 3.8) is 0 Å². The molecule has 2 aromatic rings. The molecule has 20 heavy (non-hydrogen) atoms. The van der Waals surface area contributed by atoms with Gasteiger partial charge >= 0.3 is 0 Å². The zero-order valence-electron chi connectivity index (χ0n) is 12.7. The van der Waals surface area contributed by atoms with Crippen molar-refractivity contribution in [2.24, 2.45) is 0 Å². The molecule has 0 saturated heterocycles. The first-order valence-corrected chi connectivity index (χ1v) is 7.15. The molecule has 2 rings (SSSR count). The van der Waals surface area contributed by atoms with Crippen molar-refractivity contribution in [3.05, 3.63) is 59.7 Å². The number of ether oxygens (including phenoxy) is 1. The zero-order valence-corrected chi connectivity index (χ0v) is 12.7. The fraction of sp³-hybridized carbons (Fsp3) is 0.333. The van der Waals surface area contributed by atoms with E-state index < -0.39 is 0 Å². The number of rotatable bonds is 5. The van der Waals surface area contributed by atoms with Crippen LogP contribution in [0.25, 0.3) is 0 Å². The van der Waals surface area contributed by atoms with E-state index in [1.54, 1.807) is 0 Å². The highest BCUT2D eigenvalue weighted by molar-refractivity contribution is 5.51. The van der Waals surface area contributed by atoms with Crippen LogP contribution in [0.1, 0.15) is 37.9 Å². The summed E-state index contributed by atoms with van der Waals surface area (Å²) in [5.74, 6) is 0.923. The van der Waals surface area contributed by atoms with Gasteiger partial charge in [-0.2, -0.15) is 0 Å². The smallest absolute Gasteiger partial charge is 0.119 e. The Morgan fingerprint density at radius 1 is 0.900 bits per heavy atom. The highest BCUT2D eigenvalue weighted by Crippen LogP contribution is 2.23. The fourth-order valence-corrected chi connectivity index (χ4v) is 2.16. The Morgan fingerprint density at radius 2 is 1.55 bits per heavy atom. The summed E-state index contributed by atoms with van der Waals surface area (Å²) in [6.07, 6.45) is 0.211. The second-order valence-corrected chi connectivity index (χ2v) is 5.42. The van der Waals surface area contributed by atoms with Gasteiger partial charge in [0, 0.05) is 11.7 Å². The van der Waals surface area contributed by atoms with Gasteiger partial charge in [-0.15, -0.1) is 0 Å². The molecule has 0 radical (unpaired) electrons. The Kier molecular flexibility index (Phi) is 4.67. The maximum atomic E-state index is 5.67. The van der Waals surface area contributed by atoms with Crippen LogP contribution in [0, 0.1) is 6.92 Å². The molecule has 0 aliphatic rings. The van der Waals surface area contributed by atoms with Gasteiger partial charge in [0.1, 0.15) is 5.75 Å². The van der Waals surface area contributed by atoms with Crippen LogP contribution < -0.4 is 10.1 Å². The molecule has 0 bridgehead atoms. The third-order valence-corrected chi connectivity index (χ3v) is 3.27. The lowest BCUT2D eigenvalue weighted by molar-refractivity contribution is 0.242. The molecular weight excluding hydrogens is 246 g/mol. The minimum atomic E-state index is 0.211. The van der Waals surface area contributed by atoms with Gasteiger partial charge in [-0.1, -0.05) is 30.3 Å². The molecule has 0 aliphatic carbocycles. The number of para-hydroxylation sites is 1. The van der Waals surface area contributed by atoms with Crippen LogP contribution in [0.3, 0.4) is 0 Å². The van der Waals surface area contributed by atoms with Gasteiger partial charge in [0.05, 0.1) is 6.10 Å². The van der Waals surface area contributed by atoms with Crippen molar-refractivity contribution in [1.29, 1.82) is 0 Å². The summed E-state index contributed by atoms with van der Waals surface area (Å²) in [6.45, 7) is 8.37. The van der Waals surface area contributed by atoms with Gasteiger partial charge in [0.15, 0.2) is 0 Å². The lowest BCUT2D eigenvalue weighted by atomic mass is 10.1. The minimum Gasteiger partial charge on any atom is -0.491 e. The molecule has 0 heterocycles. The van der Waals surface area contributed by atoms with Gasteiger partial charge < -0.3 is 10.1 Å².